The molecular formula is C12H13N3. The van der Waals surface area contributed by atoms with E-state index in [0.29, 0.717) is 6.04 Å². The van der Waals surface area contributed by atoms with E-state index in [9.17, 15) is 0 Å². The SMILES string of the molecule is Cn1ccc(C2Cc3ccccc3N2)n1. The summed E-state index contributed by atoms with van der Waals surface area (Å²) in [7, 11) is 1.95. The minimum Gasteiger partial charge on any atom is -0.376 e. The van der Waals surface area contributed by atoms with E-state index in [2.05, 4.69) is 40.7 Å². The van der Waals surface area contributed by atoms with Crippen molar-refractivity contribution in [2.45, 2.75) is 12.5 Å². The molecule has 2 heterocycles. The van der Waals surface area contributed by atoms with Crippen molar-refractivity contribution in [2.75, 3.05) is 5.32 Å². The highest BCUT2D eigenvalue weighted by Crippen LogP contribution is 2.32. The van der Waals surface area contributed by atoms with Crippen LogP contribution in [0.4, 0.5) is 5.69 Å². The van der Waals surface area contributed by atoms with Crippen molar-refractivity contribution in [1.82, 2.24) is 9.78 Å². The second-order valence-corrected chi connectivity index (χ2v) is 3.97. The van der Waals surface area contributed by atoms with E-state index in [-0.39, 0.29) is 0 Å². The minimum atomic E-state index is 0.337. The van der Waals surface area contributed by atoms with Crippen LogP contribution in [-0.2, 0) is 13.5 Å². The number of hydrogen-bond acceptors (Lipinski definition) is 2. The number of nitrogens with one attached hydrogen (secondary N) is 1. The highest BCUT2D eigenvalue weighted by Gasteiger charge is 2.22. The fourth-order valence-corrected chi connectivity index (χ4v) is 2.10. The van der Waals surface area contributed by atoms with Gasteiger partial charge in [0.2, 0.25) is 0 Å². The van der Waals surface area contributed by atoms with Gasteiger partial charge in [-0.05, 0) is 17.7 Å². The van der Waals surface area contributed by atoms with Crippen LogP contribution in [0.25, 0.3) is 0 Å². The average Bonchev–Trinajstić information content (AvgIpc) is 2.82. The normalized spacial score (nSPS) is 18.6. The topological polar surface area (TPSA) is 29.9 Å². The Balaban J connectivity index is 1.90. The molecule has 3 heteroatoms. The molecule has 1 aromatic carbocycles. The lowest BCUT2D eigenvalue weighted by molar-refractivity contribution is 0.703. The number of rotatable bonds is 1. The van der Waals surface area contributed by atoms with Crippen LogP contribution < -0.4 is 5.32 Å². The van der Waals surface area contributed by atoms with Gasteiger partial charge in [0.05, 0.1) is 11.7 Å². The summed E-state index contributed by atoms with van der Waals surface area (Å²) in [5.41, 5.74) is 3.75. The van der Waals surface area contributed by atoms with Gasteiger partial charge in [-0.15, -0.1) is 0 Å². The molecule has 15 heavy (non-hydrogen) atoms. The van der Waals surface area contributed by atoms with Crippen molar-refractivity contribution in [2.24, 2.45) is 7.05 Å². The summed E-state index contributed by atoms with van der Waals surface area (Å²) in [5, 5.41) is 7.92. The number of hydrogen-bond donors (Lipinski definition) is 1. The predicted molar refractivity (Wildman–Crippen MR) is 59.7 cm³/mol. The first-order valence-corrected chi connectivity index (χ1v) is 5.17. The summed E-state index contributed by atoms with van der Waals surface area (Å²) >= 11 is 0. The zero-order chi connectivity index (χ0) is 10.3. The van der Waals surface area contributed by atoms with Crippen LogP contribution in [0.3, 0.4) is 0 Å². The van der Waals surface area contributed by atoms with Gasteiger partial charge >= 0.3 is 0 Å². The Morgan fingerprint density at radius 1 is 1.33 bits per heavy atom. The summed E-state index contributed by atoms with van der Waals surface area (Å²) < 4.78 is 1.85. The lowest BCUT2D eigenvalue weighted by Crippen LogP contribution is -2.06. The van der Waals surface area contributed by atoms with E-state index in [1.54, 1.807) is 0 Å². The molecule has 0 fully saturated rings. The number of aryl methyl sites for hydroxylation is 1. The van der Waals surface area contributed by atoms with Crippen LogP contribution in [0.2, 0.25) is 0 Å². The number of nitrogens with zero attached hydrogens (tertiary/aromatic N) is 2. The van der Waals surface area contributed by atoms with E-state index in [1.807, 2.05) is 17.9 Å². The third-order valence-corrected chi connectivity index (χ3v) is 2.86. The Labute approximate surface area is 88.7 Å². The van der Waals surface area contributed by atoms with Crippen molar-refractivity contribution in [3.8, 4) is 0 Å². The number of fused-ring (bicyclic) bond motifs is 1. The standard InChI is InChI=1S/C12H13N3/c1-15-7-6-11(14-15)12-8-9-4-2-3-5-10(9)13-12/h2-7,12-13H,8H2,1H3. The molecule has 1 unspecified atom stereocenters. The van der Waals surface area contributed by atoms with Crippen LogP contribution in [0.15, 0.2) is 36.5 Å². The van der Waals surface area contributed by atoms with Crippen molar-refractivity contribution in [3.05, 3.63) is 47.8 Å². The molecule has 0 saturated heterocycles. The molecule has 0 aliphatic carbocycles. The first-order chi connectivity index (χ1) is 7.33. The maximum absolute atomic E-state index is 4.43. The molecule has 0 spiro atoms. The predicted octanol–water partition coefficient (Wildman–Crippen LogP) is 2.13. The number of benzene rings is 1. The fourth-order valence-electron chi connectivity index (χ4n) is 2.10. The quantitative estimate of drug-likeness (QED) is 0.762. The van der Waals surface area contributed by atoms with Gasteiger partial charge in [0.1, 0.15) is 0 Å². The lowest BCUT2D eigenvalue weighted by Gasteiger charge is -2.06. The molecule has 3 rings (SSSR count). The Kier molecular flexibility index (Phi) is 1.78. The average molecular weight is 199 g/mol. The largest absolute Gasteiger partial charge is 0.376 e. The molecule has 76 valence electrons. The monoisotopic (exact) mass is 199 g/mol. The van der Waals surface area contributed by atoms with E-state index in [4.69, 9.17) is 0 Å². The molecule has 3 nitrogen and oxygen atoms in total. The summed E-state index contributed by atoms with van der Waals surface area (Å²) in [6, 6.07) is 10.9. The van der Waals surface area contributed by atoms with Crippen LogP contribution in [-0.4, -0.2) is 9.78 Å². The Bertz CT molecular complexity index is 462. The van der Waals surface area contributed by atoms with E-state index < -0.39 is 0 Å². The van der Waals surface area contributed by atoms with E-state index >= 15 is 0 Å². The molecule has 0 amide bonds. The maximum Gasteiger partial charge on any atom is 0.0850 e. The van der Waals surface area contributed by atoms with Crippen LogP contribution in [0.1, 0.15) is 17.3 Å². The lowest BCUT2D eigenvalue weighted by atomic mass is 10.1. The zero-order valence-electron chi connectivity index (χ0n) is 8.64. The smallest absolute Gasteiger partial charge is 0.0850 e. The molecule has 2 aromatic rings. The number of aromatic nitrogens is 2. The van der Waals surface area contributed by atoms with Gasteiger partial charge in [-0.25, -0.2) is 0 Å². The van der Waals surface area contributed by atoms with Gasteiger partial charge in [0.25, 0.3) is 0 Å². The first kappa shape index (κ1) is 8.53. The molecule has 1 aromatic heterocycles. The fraction of sp³-hybridized carbons (Fsp3) is 0.250. The second-order valence-electron chi connectivity index (χ2n) is 3.97. The highest BCUT2D eigenvalue weighted by atomic mass is 15.3. The summed E-state index contributed by atoms with van der Waals surface area (Å²) in [6.45, 7) is 0. The molecular weight excluding hydrogens is 186 g/mol. The van der Waals surface area contributed by atoms with Gasteiger partial charge in [-0.2, -0.15) is 5.10 Å². The van der Waals surface area contributed by atoms with Crippen LogP contribution in [0.5, 0.6) is 0 Å². The van der Waals surface area contributed by atoms with Crippen molar-refractivity contribution in [1.29, 1.82) is 0 Å². The van der Waals surface area contributed by atoms with Gasteiger partial charge in [0.15, 0.2) is 0 Å². The zero-order valence-corrected chi connectivity index (χ0v) is 8.64. The highest BCUT2D eigenvalue weighted by molar-refractivity contribution is 5.57. The first-order valence-electron chi connectivity index (χ1n) is 5.17. The molecule has 1 atom stereocenters. The van der Waals surface area contributed by atoms with Crippen molar-refractivity contribution >= 4 is 5.69 Å². The summed E-state index contributed by atoms with van der Waals surface area (Å²) in [5.74, 6) is 0. The molecule has 1 N–H and O–H groups in total. The van der Waals surface area contributed by atoms with Crippen molar-refractivity contribution < 1.29 is 0 Å². The Hall–Kier alpha value is -1.77. The van der Waals surface area contributed by atoms with Gasteiger partial charge in [-0.3, -0.25) is 4.68 Å². The minimum absolute atomic E-state index is 0.337. The number of anilines is 1. The third kappa shape index (κ3) is 1.40. The van der Waals surface area contributed by atoms with E-state index in [0.717, 1.165) is 12.1 Å². The van der Waals surface area contributed by atoms with E-state index in [1.165, 1.54) is 11.3 Å². The molecule has 0 bridgehead atoms. The van der Waals surface area contributed by atoms with Gasteiger partial charge in [-0.1, -0.05) is 18.2 Å². The van der Waals surface area contributed by atoms with Crippen LogP contribution >= 0.6 is 0 Å². The molecule has 1 aliphatic heterocycles. The van der Waals surface area contributed by atoms with Gasteiger partial charge in [0, 0.05) is 25.4 Å². The Morgan fingerprint density at radius 2 is 2.20 bits per heavy atom. The van der Waals surface area contributed by atoms with Crippen molar-refractivity contribution in [3.63, 3.8) is 0 Å². The maximum atomic E-state index is 4.43. The number of para-hydroxylation sites is 1. The Morgan fingerprint density at radius 3 is 2.93 bits per heavy atom. The van der Waals surface area contributed by atoms with Gasteiger partial charge < -0.3 is 5.32 Å². The third-order valence-electron chi connectivity index (χ3n) is 2.86. The summed E-state index contributed by atoms with van der Waals surface area (Å²) in [6.07, 6.45) is 3.02. The second kappa shape index (κ2) is 3.12. The molecule has 0 saturated carbocycles. The molecule has 1 aliphatic rings. The molecule has 0 radical (unpaired) electrons. The summed E-state index contributed by atoms with van der Waals surface area (Å²) in [4.78, 5) is 0. The van der Waals surface area contributed by atoms with Crippen LogP contribution in [0, 0.1) is 0 Å².